The Hall–Kier alpha value is -3.87. The van der Waals surface area contributed by atoms with E-state index in [9.17, 15) is 19.5 Å². The first-order chi connectivity index (χ1) is 19.9. The van der Waals surface area contributed by atoms with Gasteiger partial charge in [0.1, 0.15) is 10.8 Å². The molecule has 0 aliphatic rings. The van der Waals surface area contributed by atoms with Crippen LogP contribution in [0.5, 0.6) is 0 Å². The summed E-state index contributed by atoms with van der Waals surface area (Å²) < 4.78 is 6.83. The Balaban J connectivity index is 0.00000405. The number of methoxy groups -OCH3 is 1. The fraction of sp³-hybridized carbons (Fsp3) is 0.167. The summed E-state index contributed by atoms with van der Waals surface area (Å²) in [6, 6.07) is 16.4. The molecule has 0 aliphatic carbocycles. The summed E-state index contributed by atoms with van der Waals surface area (Å²) in [5.74, 6) is -1.22. The fourth-order valence-electron chi connectivity index (χ4n) is 4.48. The number of anilines is 1. The number of pyridine rings is 2. The number of aromatic nitrogens is 3. The van der Waals surface area contributed by atoms with Crippen LogP contribution in [0, 0.1) is 0 Å². The summed E-state index contributed by atoms with van der Waals surface area (Å²) in [4.78, 5) is 46.4. The average molecular weight is 592 g/mol. The minimum Gasteiger partial charge on any atom is -0.545 e. The maximum atomic E-state index is 13.2. The third-order valence-corrected chi connectivity index (χ3v) is 7.31. The Morgan fingerprint density at radius 1 is 1.07 bits per heavy atom. The molecule has 0 radical (unpaired) electrons. The van der Waals surface area contributed by atoms with Crippen molar-refractivity contribution in [2.75, 3.05) is 25.6 Å². The van der Waals surface area contributed by atoms with Crippen molar-refractivity contribution < 1.29 is 49.0 Å². The number of nitrogens with one attached hydrogen (secondary N) is 2. The molecule has 0 saturated carbocycles. The van der Waals surface area contributed by atoms with Gasteiger partial charge in [-0.1, -0.05) is 36.4 Å². The van der Waals surface area contributed by atoms with Crippen molar-refractivity contribution >= 4 is 40.1 Å². The van der Waals surface area contributed by atoms with Gasteiger partial charge in [-0.05, 0) is 30.7 Å². The molecule has 2 N–H and O–H groups in total. The van der Waals surface area contributed by atoms with Crippen molar-refractivity contribution in [3.63, 3.8) is 0 Å². The van der Waals surface area contributed by atoms with Crippen LogP contribution >= 0.6 is 11.3 Å². The first-order valence-corrected chi connectivity index (χ1v) is 13.7. The molecule has 5 aromatic rings. The number of hydrogen-bond acceptors (Lipinski definition) is 8. The number of carboxylic acids is 1. The van der Waals surface area contributed by atoms with Crippen molar-refractivity contribution in [2.45, 2.75) is 13.5 Å². The third-order valence-electron chi connectivity index (χ3n) is 6.43. The van der Waals surface area contributed by atoms with Crippen molar-refractivity contribution in [2.24, 2.45) is 0 Å². The van der Waals surface area contributed by atoms with Gasteiger partial charge in [-0.3, -0.25) is 10.1 Å². The van der Waals surface area contributed by atoms with E-state index in [2.05, 4.69) is 15.6 Å². The fourth-order valence-corrected chi connectivity index (χ4v) is 5.33. The van der Waals surface area contributed by atoms with E-state index in [1.807, 2.05) is 48.7 Å². The first kappa shape index (κ1) is 31.1. The minimum atomic E-state index is -1.55. The summed E-state index contributed by atoms with van der Waals surface area (Å²) in [5.41, 5.74) is 3.22. The van der Waals surface area contributed by atoms with Crippen LogP contribution in [0.15, 0.2) is 77.2 Å². The second kappa shape index (κ2) is 13.9. The zero-order valence-corrected chi connectivity index (χ0v) is 26.2. The number of nitrogens with zero attached hydrogens (tertiary/aromatic N) is 3. The van der Waals surface area contributed by atoms with Crippen molar-refractivity contribution in [1.82, 2.24) is 19.9 Å². The maximum Gasteiger partial charge on any atom is 1.00 e. The van der Waals surface area contributed by atoms with Crippen molar-refractivity contribution in [3.05, 3.63) is 88.2 Å². The van der Waals surface area contributed by atoms with Gasteiger partial charge in [0, 0.05) is 60.0 Å². The average Bonchev–Trinajstić information content (AvgIpc) is 3.47. The summed E-state index contributed by atoms with van der Waals surface area (Å²) in [5, 5.41) is 20.0. The number of carbonyl (C=O) groups excluding carboxylic acids is 2. The number of fused-ring (bicyclic) bond motifs is 1. The topological polar surface area (TPSA) is 138 Å². The predicted molar refractivity (Wildman–Crippen MR) is 157 cm³/mol. The van der Waals surface area contributed by atoms with E-state index in [1.54, 1.807) is 36.1 Å². The molecule has 0 atom stereocenters. The second-order valence-electron chi connectivity index (χ2n) is 9.08. The Morgan fingerprint density at radius 2 is 1.86 bits per heavy atom. The molecule has 0 aliphatic heterocycles. The molecule has 0 saturated heterocycles. The molecule has 2 aromatic carbocycles. The van der Waals surface area contributed by atoms with Crippen LogP contribution < -0.4 is 50.7 Å². The Morgan fingerprint density at radius 3 is 2.57 bits per heavy atom. The first-order valence-electron chi connectivity index (χ1n) is 12.8. The van der Waals surface area contributed by atoms with Gasteiger partial charge in [0.2, 0.25) is 0 Å². The zero-order valence-electron chi connectivity index (χ0n) is 23.3. The van der Waals surface area contributed by atoms with Crippen LogP contribution in [0.3, 0.4) is 0 Å². The van der Waals surface area contributed by atoms with E-state index in [0.717, 1.165) is 11.3 Å². The predicted octanol–water partition coefficient (Wildman–Crippen LogP) is 1.01. The summed E-state index contributed by atoms with van der Waals surface area (Å²) in [7, 11) is 1.54. The van der Waals surface area contributed by atoms with Gasteiger partial charge in [-0.2, -0.15) is 0 Å². The molecule has 0 unspecified atom stereocenters. The van der Waals surface area contributed by atoms with Crippen LogP contribution in [0.1, 0.15) is 17.3 Å². The number of thiazole rings is 1. The molecule has 3 heterocycles. The summed E-state index contributed by atoms with van der Waals surface area (Å²) in [6.45, 7) is 2.95. The van der Waals surface area contributed by atoms with Crippen LogP contribution in [-0.2, 0) is 11.3 Å². The van der Waals surface area contributed by atoms with Gasteiger partial charge in [0.05, 0.1) is 29.4 Å². The van der Waals surface area contributed by atoms with Crippen LogP contribution in [0.25, 0.3) is 43.9 Å². The maximum absolute atomic E-state index is 13.2. The van der Waals surface area contributed by atoms with E-state index in [1.165, 1.54) is 17.5 Å². The molecule has 0 spiro atoms. The quantitative estimate of drug-likeness (QED) is 0.244. The third kappa shape index (κ3) is 6.61. The number of hydrogen-bond donors (Lipinski definition) is 2. The Labute approximate surface area is 267 Å². The molecule has 5 rings (SSSR count). The number of carbonyl (C=O) groups is 2. The minimum absolute atomic E-state index is 0. The standard InChI is InChI=1S/C30H27N5O5S.Na/c1-3-31-30(39)34-26-14-20(28-33-24(17-41-28)18-7-5-4-6-8-18)22(15-32-26)19-9-10-25-21(13-19)27(36)23(29(37)38)16-35(25)11-12-40-2;/h4-10,13-17H,3,11-12H2,1-2H3,(H,37,38)(H2,31,32,34,39);/q;+1/p-1. The van der Waals surface area contributed by atoms with Gasteiger partial charge in [0.25, 0.3) is 0 Å². The molecule has 10 nitrogen and oxygen atoms in total. The molecular weight excluding hydrogens is 565 g/mol. The number of carboxylic acid groups (broad SMARTS) is 1. The number of urea groups is 1. The number of ether oxygens (including phenoxy) is 1. The van der Waals surface area contributed by atoms with Gasteiger partial charge >= 0.3 is 35.6 Å². The SMILES string of the molecule is CCNC(=O)Nc1cc(-c2nc(-c3ccccc3)cs2)c(-c2ccc3c(c2)c(=O)c(C(=O)[O-])cn3CCOC)cn1.[Na+]. The smallest absolute Gasteiger partial charge is 0.545 e. The van der Waals surface area contributed by atoms with E-state index in [0.29, 0.717) is 52.7 Å². The molecule has 208 valence electrons. The number of benzene rings is 2. The van der Waals surface area contributed by atoms with Gasteiger partial charge in [-0.15, -0.1) is 11.3 Å². The largest absolute Gasteiger partial charge is 1.00 e. The van der Waals surface area contributed by atoms with Crippen LogP contribution in [0.4, 0.5) is 10.6 Å². The number of rotatable bonds is 9. The van der Waals surface area contributed by atoms with Gasteiger partial charge < -0.3 is 24.5 Å². The van der Waals surface area contributed by atoms with E-state index < -0.39 is 17.0 Å². The van der Waals surface area contributed by atoms with E-state index >= 15 is 0 Å². The molecule has 2 amide bonds. The molecule has 0 bridgehead atoms. The summed E-state index contributed by atoms with van der Waals surface area (Å²) >= 11 is 1.44. The zero-order chi connectivity index (χ0) is 28.9. The summed E-state index contributed by atoms with van der Waals surface area (Å²) in [6.07, 6.45) is 2.89. The molecule has 0 fully saturated rings. The van der Waals surface area contributed by atoms with Crippen LogP contribution in [-0.4, -0.2) is 46.8 Å². The van der Waals surface area contributed by atoms with E-state index in [4.69, 9.17) is 9.72 Å². The number of aromatic carboxylic acids is 1. The monoisotopic (exact) mass is 591 g/mol. The Bertz CT molecular complexity index is 1810. The molecule has 3 aromatic heterocycles. The van der Waals surface area contributed by atoms with Crippen molar-refractivity contribution in [3.8, 4) is 33.0 Å². The van der Waals surface area contributed by atoms with Gasteiger partial charge in [0.15, 0.2) is 5.43 Å². The molecular formula is C30H26N5NaO5S. The number of amides is 2. The molecule has 42 heavy (non-hydrogen) atoms. The van der Waals surface area contributed by atoms with E-state index in [-0.39, 0.29) is 41.0 Å². The van der Waals surface area contributed by atoms with Crippen molar-refractivity contribution in [1.29, 1.82) is 0 Å². The second-order valence-corrected chi connectivity index (χ2v) is 9.94. The van der Waals surface area contributed by atoms with Crippen LogP contribution in [0.2, 0.25) is 0 Å². The van der Waals surface area contributed by atoms with Gasteiger partial charge in [-0.25, -0.2) is 14.8 Å². The normalized spacial score (nSPS) is 10.7. The Kier molecular flexibility index (Phi) is 10.3. The molecule has 12 heteroatoms.